The Bertz CT molecular complexity index is 1410. The van der Waals surface area contributed by atoms with Crippen molar-refractivity contribution < 1.29 is 4.79 Å². The Morgan fingerprint density at radius 3 is 2.29 bits per heavy atom. The molecule has 1 N–H and O–H groups in total. The van der Waals surface area contributed by atoms with Crippen LogP contribution in [-0.2, 0) is 4.79 Å². The molecule has 0 saturated heterocycles. The highest BCUT2D eigenvalue weighted by Crippen LogP contribution is 2.36. The van der Waals surface area contributed by atoms with E-state index in [0.717, 1.165) is 39.2 Å². The number of pyridine rings is 1. The predicted octanol–water partition coefficient (Wildman–Crippen LogP) is 7.33. The fourth-order valence-corrected chi connectivity index (χ4v) is 4.64. The molecular weight excluding hydrogens is 450 g/mol. The van der Waals surface area contributed by atoms with Gasteiger partial charge in [-0.25, -0.2) is 4.98 Å². The Morgan fingerprint density at radius 2 is 1.63 bits per heavy atom. The molecule has 4 rings (SSSR count). The quantitative estimate of drug-likeness (QED) is 0.295. The molecule has 3 aromatic carbocycles. The van der Waals surface area contributed by atoms with Crippen LogP contribution in [0.15, 0.2) is 83.9 Å². The molecule has 0 aliphatic carbocycles. The van der Waals surface area contributed by atoms with E-state index in [1.165, 1.54) is 17.3 Å². The lowest BCUT2D eigenvalue weighted by Gasteiger charge is -2.16. The van der Waals surface area contributed by atoms with Gasteiger partial charge >= 0.3 is 0 Å². The van der Waals surface area contributed by atoms with Gasteiger partial charge in [0.15, 0.2) is 0 Å². The lowest BCUT2D eigenvalue weighted by atomic mass is 9.99. The summed E-state index contributed by atoms with van der Waals surface area (Å²) in [4.78, 5) is 17.9. The van der Waals surface area contributed by atoms with Crippen LogP contribution in [-0.4, -0.2) is 16.1 Å². The van der Waals surface area contributed by atoms with Crippen LogP contribution in [0.1, 0.15) is 29.2 Å². The number of hydrogen-bond donors (Lipinski definition) is 1. The van der Waals surface area contributed by atoms with Crippen molar-refractivity contribution >= 4 is 23.4 Å². The summed E-state index contributed by atoms with van der Waals surface area (Å²) in [6.45, 7) is 7.95. The second-order valence-electron chi connectivity index (χ2n) is 8.63. The molecule has 5 heteroatoms. The Balaban J connectivity index is 1.71. The minimum atomic E-state index is -0.451. The zero-order valence-corrected chi connectivity index (χ0v) is 21.1. The summed E-state index contributed by atoms with van der Waals surface area (Å²) in [5.41, 5.74) is 8.18. The number of aryl methyl sites for hydroxylation is 3. The normalized spacial score (nSPS) is 11.5. The largest absolute Gasteiger partial charge is 0.325 e. The first-order valence-corrected chi connectivity index (χ1v) is 12.4. The molecule has 1 atom stereocenters. The monoisotopic (exact) mass is 477 g/mol. The van der Waals surface area contributed by atoms with Crippen molar-refractivity contribution in [3.8, 4) is 28.5 Å². The molecule has 174 valence electrons. The summed E-state index contributed by atoms with van der Waals surface area (Å²) in [5, 5.41) is 13.2. The number of aromatic nitrogens is 1. The number of benzene rings is 3. The molecule has 0 aliphatic heterocycles. The number of rotatable bonds is 6. The molecule has 0 radical (unpaired) electrons. The standard InChI is InChI=1S/C30H27N3OS/c1-19-10-13-24(14-11-19)28-17-26(23-8-6-5-7-9-23)27(18-31)30(33-28)35-22(4)29(34)32-25-15-12-20(2)21(3)16-25/h5-17,22H,1-4H3,(H,32,34)/t22-/m1/s1. The van der Waals surface area contributed by atoms with E-state index in [-0.39, 0.29) is 5.91 Å². The van der Waals surface area contributed by atoms with Crippen LogP contribution in [0.25, 0.3) is 22.4 Å². The molecule has 0 saturated carbocycles. The number of hydrogen-bond acceptors (Lipinski definition) is 4. The van der Waals surface area contributed by atoms with Crippen LogP contribution < -0.4 is 5.32 Å². The van der Waals surface area contributed by atoms with E-state index in [1.54, 1.807) is 0 Å². The summed E-state index contributed by atoms with van der Waals surface area (Å²) in [6.07, 6.45) is 0. The number of carbonyl (C=O) groups is 1. The van der Waals surface area contributed by atoms with E-state index in [9.17, 15) is 10.1 Å². The summed E-state index contributed by atoms with van der Waals surface area (Å²) >= 11 is 1.30. The number of carbonyl (C=O) groups excluding carboxylic acids is 1. The number of anilines is 1. The zero-order chi connectivity index (χ0) is 24.9. The smallest absolute Gasteiger partial charge is 0.237 e. The van der Waals surface area contributed by atoms with E-state index in [2.05, 4.69) is 11.4 Å². The molecule has 0 spiro atoms. The molecule has 1 aromatic heterocycles. The maximum absolute atomic E-state index is 13.0. The van der Waals surface area contributed by atoms with Crippen molar-refractivity contribution in [2.24, 2.45) is 0 Å². The van der Waals surface area contributed by atoms with Crippen LogP contribution in [0.3, 0.4) is 0 Å². The molecule has 1 amide bonds. The average Bonchev–Trinajstić information content (AvgIpc) is 2.86. The van der Waals surface area contributed by atoms with E-state index >= 15 is 0 Å². The molecule has 0 unspecified atom stereocenters. The van der Waals surface area contributed by atoms with Gasteiger partial charge in [-0.15, -0.1) is 0 Å². The van der Waals surface area contributed by atoms with Gasteiger partial charge in [0.1, 0.15) is 11.1 Å². The number of nitriles is 1. The number of thioether (sulfide) groups is 1. The van der Waals surface area contributed by atoms with Crippen LogP contribution in [0, 0.1) is 32.1 Å². The summed E-state index contributed by atoms with van der Waals surface area (Å²) in [7, 11) is 0. The minimum Gasteiger partial charge on any atom is -0.325 e. The maximum Gasteiger partial charge on any atom is 0.237 e. The van der Waals surface area contributed by atoms with E-state index in [1.807, 2.05) is 107 Å². The molecule has 4 aromatic rings. The molecular formula is C30H27N3OS. The summed E-state index contributed by atoms with van der Waals surface area (Å²) in [6, 6.07) is 28.2. The minimum absolute atomic E-state index is 0.133. The van der Waals surface area contributed by atoms with Crippen LogP contribution in [0.2, 0.25) is 0 Å². The molecule has 35 heavy (non-hydrogen) atoms. The Kier molecular flexibility index (Phi) is 7.33. The first-order chi connectivity index (χ1) is 16.9. The van der Waals surface area contributed by atoms with Gasteiger partial charge in [0.2, 0.25) is 5.91 Å². The van der Waals surface area contributed by atoms with Gasteiger partial charge in [-0.2, -0.15) is 5.26 Å². The third-order valence-electron chi connectivity index (χ3n) is 5.96. The summed E-state index contributed by atoms with van der Waals surface area (Å²) in [5.74, 6) is -0.133. The molecule has 1 heterocycles. The van der Waals surface area contributed by atoms with Crippen LogP contribution >= 0.6 is 11.8 Å². The van der Waals surface area contributed by atoms with Crippen molar-refractivity contribution in [3.63, 3.8) is 0 Å². The lowest BCUT2D eigenvalue weighted by Crippen LogP contribution is -2.22. The van der Waals surface area contributed by atoms with Crippen molar-refractivity contribution in [1.29, 1.82) is 5.26 Å². The van der Waals surface area contributed by atoms with Gasteiger partial charge in [0, 0.05) is 16.8 Å². The Morgan fingerprint density at radius 1 is 0.914 bits per heavy atom. The van der Waals surface area contributed by atoms with Gasteiger partial charge in [-0.05, 0) is 62.6 Å². The SMILES string of the molecule is Cc1ccc(-c2cc(-c3ccccc3)c(C#N)c(S[C@H](C)C(=O)Nc3ccc(C)c(C)c3)n2)cc1. The van der Waals surface area contributed by atoms with E-state index < -0.39 is 5.25 Å². The predicted molar refractivity (Wildman–Crippen MR) is 144 cm³/mol. The number of nitrogens with zero attached hydrogens (tertiary/aromatic N) is 2. The highest BCUT2D eigenvalue weighted by Gasteiger charge is 2.21. The Labute approximate surface area is 211 Å². The fraction of sp³-hybridized carbons (Fsp3) is 0.167. The highest BCUT2D eigenvalue weighted by molar-refractivity contribution is 8.00. The first kappa shape index (κ1) is 24.3. The van der Waals surface area contributed by atoms with Gasteiger partial charge in [0.05, 0.1) is 16.5 Å². The van der Waals surface area contributed by atoms with Crippen molar-refractivity contribution in [1.82, 2.24) is 4.98 Å². The fourth-order valence-electron chi connectivity index (χ4n) is 3.72. The zero-order valence-electron chi connectivity index (χ0n) is 20.3. The van der Waals surface area contributed by atoms with E-state index in [4.69, 9.17) is 4.98 Å². The highest BCUT2D eigenvalue weighted by atomic mass is 32.2. The van der Waals surface area contributed by atoms with E-state index in [0.29, 0.717) is 10.6 Å². The van der Waals surface area contributed by atoms with Crippen LogP contribution in [0.5, 0.6) is 0 Å². The van der Waals surface area contributed by atoms with Crippen molar-refractivity contribution in [2.75, 3.05) is 5.32 Å². The first-order valence-electron chi connectivity index (χ1n) is 11.5. The Hall–Kier alpha value is -3.88. The molecule has 4 nitrogen and oxygen atoms in total. The lowest BCUT2D eigenvalue weighted by molar-refractivity contribution is -0.115. The maximum atomic E-state index is 13.0. The third kappa shape index (κ3) is 5.62. The van der Waals surface area contributed by atoms with Crippen molar-refractivity contribution in [2.45, 2.75) is 38.0 Å². The molecule has 0 bridgehead atoms. The molecule has 0 fully saturated rings. The van der Waals surface area contributed by atoms with Gasteiger partial charge in [-0.3, -0.25) is 4.79 Å². The average molecular weight is 478 g/mol. The molecule has 0 aliphatic rings. The van der Waals surface area contributed by atoms with Crippen LogP contribution in [0.4, 0.5) is 5.69 Å². The topological polar surface area (TPSA) is 65.8 Å². The summed E-state index contributed by atoms with van der Waals surface area (Å²) < 4.78 is 0. The second-order valence-corrected chi connectivity index (χ2v) is 9.96. The van der Waals surface area contributed by atoms with Crippen molar-refractivity contribution in [3.05, 3.63) is 101 Å². The number of nitrogens with one attached hydrogen (secondary N) is 1. The third-order valence-corrected chi connectivity index (χ3v) is 7.05. The van der Waals surface area contributed by atoms with Gasteiger partial charge in [-0.1, -0.05) is 78.0 Å². The van der Waals surface area contributed by atoms with Gasteiger partial charge in [0.25, 0.3) is 0 Å². The van der Waals surface area contributed by atoms with Gasteiger partial charge < -0.3 is 5.32 Å². The number of amides is 1. The second kappa shape index (κ2) is 10.6.